The van der Waals surface area contributed by atoms with Crippen LogP contribution in [0.25, 0.3) is 0 Å². The van der Waals surface area contributed by atoms with Crippen molar-refractivity contribution in [1.29, 1.82) is 0 Å². The number of hydrogen-bond acceptors (Lipinski definition) is 4. The molecule has 0 aliphatic heterocycles. The van der Waals surface area contributed by atoms with Crippen molar-refractivity contribution in [3.63, 3.8) is 0 Å². The largest absolute Gasteiger partial charge is 0.481 e. The van der Waals surface area contributed by atoms with E-state index >= 15 is 0 Å². The molecule has 0 saturated carbocycles. The number of aliphatic hydroxyl groups excluding tert-OH is 1. The standard InChI is InChI=1S/C6H10N2O5/c7-3(9)1-2(6(12)13)4(10)5(8)11/h2,4,10H,1H2,(H2,7,9)(H2,8,11)(H,12,13). The number of aliphatic carboxylic acids is 1. The van der Waals surface area contributed by atoms with E-state index < -0.39 is 36.2 Å². The molecule has 0 aromatic heterocycles. The number of aliphatic hydroxyl groups is 1. The summed E-state index contributed by atoms with van der Waals surface area (Å²) < 4.78 is 0. The van der Waals surface area contributed by atoms with Crippen molar-refractivity contribution in [3.05, 3.63) is 0 Å². The van der Waals surface area contributed by atoms with Gasteiger partial charge in [-0.3, -0.25) is 14.4 Å². The van der Waals surface area contributed by atoms with Gasteiger partial charge in [-0.05, 0) is 0 Å². The highest BCUT2D eigenvalue weighted by Crippen LogP contribution is 2.08. The number of amides is 2. The number of primary amides is 2. The molecule has 2 atom stereocenters. The van der Waals surface area contributed by atoms with Crippen LogP contribution in [-0.2, 0) is 14.4 Å². The summed E-state index contributed by atoms with van der Waals surface area (Å²) in [4.78, 5) is 31.1. The van der Waals surface area contributed by atoms with Gasteiger partial charge in [-0.15, -0.1) is 0 Å². The first-order valence-corrected chi connectivity index (χ1v) is 3.34. The van der Waals surface area contributed by atoms with Crippen molar-refractivity contribution in [2.45, 2.75) is 12.5 Å². The second-order valence-corrected chi connectivity index (χ2v) is 2.46. The zero-order valence-electron chi connectivity index (χ0n) is 6.64. The minimum absolute atomic E-state index is 0.626. The van der Waals surface area contributed by atoms with E-state index in [1.807, 2.05) is 0 Å². The number of carboxylic acid groups (broad SMARTS) is 1. The molecule has 6 N–H and O–H groups in total. The molecule has 0 fully saturated rings. The Morgan fingerprint density at radius 1 is 1.23 bits per heavy atom. The Labute approximate surface area is 73.3 Å². The zero-order valence-corrected chi connectivity index (χ0v) is 6.64. The smallest absolute Gasteiger partial charge is 0.310 e. The van der Waals surface area contributed by atoms with E-state index in [1.165, 1.54) is 0 Å². The molecule has 0 aliphatic rings. The predicted molar refractivity (Wildman–Crippen MR) is 40.1 cm³/mol. The lowest BCUT2D eigenvalue weighted by atomic mass is 9.98. The summed E-state index contributed by atoms with van der Waals surface area (Å²) in [6.45, 7) is 0. The van der Waals surface area contributed by atoms with Gasteiger partial charge in [0.1, 0.15) is 12.0 Å². The van der Waals surface area contributed by atoms with Gasteiger partial charge >= 0.3 is 5.97 Å². The van der Waals surface area contributed by atoms with Gasteiger partial charge in [0.25, 0.3) is 0 Å². The molecule has 7 heteroatoms. The summed E-state index contributed by atoms with van der Waals surface area (Å²) in [7, 11) is 0. The maximum atomic E-state index is 10.4. The van der Waals surface area contributed by atoms with E-state index in [-0.39, 0.29) is 0 Å². The molecule has 13 heavy (non-hydrogen) atoms. The molecule has 0 rings (SSSR count). The highest BCUT2D eigenvalue weighted by Gasteiger charge is 2.31. The molecule has 0 spiro atoms. The maximum Gasteiger partial charge on any atom is 0.310 e. The summed E-state index contributed by atoms with van der Waals surface area (Å²) in [5, 5.41) is 17.4. The molecule has 2 unspecified atom stereocenters. The fourth-order valence-corrected chi connectivity index (χ4v) is 0.749. The van der Waals surface area contributed by atoms with Crippen LogP contribution in [0.15, 0.2) is 0 Å². The summed E-state index contributed by atoms with van der Waals surface area (Å²) in [6, 6.07) is 0. The highest BCUT2D eigenvalue weighted by atomic mass is 16.4. The van der Waals surface area contributed by atoms with Gasteiger partial charge in [-0.2, -0.15) is 0 Å². The van der Waals surface area contributed by atoms with E-state index in [1.54, 1.807) is 0 Å². The van der Waals surface area contributed by atoms with Crippen molar-refractivity contribution in [2.24, 2.45) is 17.4 Å². The topological polar surface area (TPSA) is 144 Å². The van der Waals surface area contributed by atoms with E-state index in [2.05, 4.69) is 5.73 Å². The van der Waals surface area contributed by atoms with Gasteiger partial charge in [0.05, 0.1) is 0 Å². The van der Waals surface area contributed by atoms with Crippen LogP contribution in [0.5, 0.6) is 0 Å². The van der Waals surface area contributed by atoms with E-state index in [0.717, 1.165) is 0 Å². The molecule has 0 aliphatic carbocycles. The number of hydrogen-bond donors (Lipinski definition) is 4. The third kappa shape index (κ3) is 3.52. The average Bonchev–Trinajstić information content (AvgIpc) is 1.97. The molecule has 2 amide bonds. The summed E-state index contributed by atoms with van der Waals surface area (Å²) >= 11 is 0. The normalized spacial score (nSPS) is 14.5. The zero-order chi connectivity index (χ0) is 10.6. The fourth-order valence-electron chi connectivity index (χ4n) is 0.749. The van der Waals surface area contributed by atoms with Gasteiger partial charge < -0.3 is 21.7 Å². The van der Waals surface area contributed by atoms with Crippen LogP contribution in [0.4, 0.5) is 0 Å². The lowest BCUT2D eigenvalue weighted by molar-refractivity contribution is -0.151. The van der Waals surface area contributed by atoms with Gasteiger partial charge in [0.15, 0.2) is 0 Å². The summed E-state index contributed by atoms with van der Waals surface area (Å²) in [6.07, 6.45) is -2.52. The molecule has 7 nitrogen and oxygen atoms in total. The van der Waals surface area contributed by atoms with E-state index in [4.69, 9.17) is 15.9 Å². The van der Waals surface area contributed by atoms with Crippen LogP contribution in [0, 0.1) is 5.92 Å². The van der Waals surface area contributed by atoms with Gasteiger partial charge in [0, 0.05) is 6.42 Å². The van der Waals surface area contributed by atoms with Gasteiger partial charge in [-0.1, -0.05) is 0 Å². The van der Waals surface area contributed by atoms with Crippen LogP contribution < -0.4 is 11.5 Å². The molecular weight excluding hydrogens is 180 g/mol. The van der Waals surface area contributed by atoms with Crippen molar-refractivity contribution in [1.82, 2.24) is 0 Å². The van der Waals surface area contributed by atoms with Gasteiger partial charge in [-0.25, -0.2) is 0 Å². The minimum Gasteiger partial charge on any atom is -0.481 e. The minimum atomic E-state index is -1.90. The SMILES string of the molecule is NC(=O)CC(C(=O)O)C(O)C(N)=O. The van der Waals surface area contributed by atoms with Gasteiger partial charge in [0.2, 0.25) is 11.8 Å². The molecular formula is C6H10N2O5. The fraction of sp³-hybridized carbons (Fsp3) is 0.500. The Morgan fingerprint density at radius 3 is 1.92 bits per heavy atom. The van der Waals surface area contributed by atoms with Crippen LogP contribution in [0.2, 0.25) is 0 Å². The highest BCUT2D eigenvalue weighted by molar-refractivity contribution is 5.88. The quantitative estimate of drug-likeness (QED) is 0.376. The lowest BCUT2D eigenvalue weighted by Gasteiger charge is -2.13. The van der Waals surface area contributed by atoms with E-state index in [9.17, 15) is 14.4 Å². The number of carbonyl (C=O) groups is 3. The third-order valence-electron chi connectivity index (χ3n) is 1.41. The second-order valence-electron chi connectivity index (χ2n) is 2.46. The first kappa shape index (κ1) is 11.4. The van der Waals surface area contributed by atoms with Crippen molar-refractivity contribution >= 4 is 17.8 Å². The summed E-state index contributed by atoms with van der Waals surface area (Å²) in [5.74, 6) is -5.19. The Balaban J connectivity index is 4.51. The maximum absolute atomic E-state index is 10.4. The van der Waals surface area contributed by atoms with Crippen LogP contribution in [0.3, 0.4) is 0 Å². The Bertz CT molecular complexity index is 239. The Kier molecular flexibility index (Phi) is 3.86. The first-order valence-electron chi connectivity index (χ1n) is 3.34. The van der Waals surface area contributed by atoms with Crippen LogP contribution >= 0.6 is 0 Å². The third-order valence-corrected chi connectivity index (χ3v) is 1.41. The van der Waals surface area contributed by atoms with Crippen LogP contribution in [-0.4, -0.2) is 34.1 Å². The molecule has 0 aromatic carbocycles. The summed E-state index contributed by atoms with van der Waals surface area (Å²) in [5.41, 5.74) is 9.35. The molecule has 0 aromatic rings. The van der Waals surface area contributed by atoms with Crippen LogP contribution in [0.1, 0.15) is 6.42 Å². The number of rotatable bonds is 5. The number of carboxylic acids is 1. The molecule has 74 valence electrons. The van der Waals surface area contributed by atoms with E-state index in [0.29, 0.717) is 0 Å². The molecule has 0 bridgehead atoms. The molecule has 0 radical (unpaired) electrons. The average molecular weight is 190 g/mol. The Hall–Kier alpha value is -1.63. The van der Waals surface area contributed by atoms with Crippen molar-refractivity contribution in [3.8, 4) is 0 Å². The van der Waals surface area contributed by atoms with Crippen molar-refractivity contribution < 1.29 is 24.6 Å². The lowest BCUT2D eigenvalue weighted by Crippen LogP contribution is -2.41. The molecule has 0 saturated heterocycles. The molecule has 0 heterocycles. The monoisotopic (exact) mass is 190 g/mol. The second kappa shape index (κ2) is 4.41. The van der Waals surface area contributed by atoms with Crippen molar-refractivity contribution in [2.75, 3.05) is 0 Å². The number of carbonyl (C=O) groups excluding carboxylic acids is 2. The first-order chi connectivity index (χ1) is 5.86. The number of nitrogens with two attached hydrogens (primary N) is 2. The Morgan fingerprint density at radius 2 is 1.69 bits per heavy atom. The predicted octanol–water partition coefficient (Wildman–Crippen LogP) is -2.59.